The molecule has 0 aromatic carbocycles. The van der Waals surface area contributed by atoms with E-state index in [-0.39, 0.29) is 5.97 Å². The maximum Gasteiger partial charge on any atom is 0.305 e. The summed E-state index contributed by atoms with van der Waals surface area (Å²) in [4.78, 5) is 11.8. The second-order valence-corrected chi connectivity index (χ2v) is 13.1. The summed E-state index contributed by atoms with van der Waals surface area (Å²) in [5.41, 5.74) is 3.12. The van der Waals surface area contributed by atoms with Gasteiger partial charge in [-0.15, -0.1) is 0 Å². The lowest BCUT2D eigenvalue weighted by atomic mass is 9.44. The quantitative estimate of drug-likeness (QED) is 0.254. The van der Waals surface area contributed by atoms with Crippen LogP contribution in [0.25, 0.3) is 0 Å². The molecule has 2 nitrogen and oxygen atoms in total. The largest absolute Gasteiger partial charge is 0.466 e. The van der Waals surface area contributed by atoms with Crippen molar-refractivity contribution in [3.8, 4) is 0 Å². The molecular weight excluding hydrogens is 404 g/mol. The van der Waals surface area contributed by atoms with Crippen LogP contribution in [0.15, 0.2) is 11.6 Å². The van der Waals surface area contributed by atoms with Gasteiger partial charge in [0.25, 0.3) is 0 Å². The molecule has 0 aromatic heterocycles. The first-order valence-corrected chi connectivity index (χ1v) is 14.4. The number of fused-ring (bicyclic) bond motifs is 3. The normalized spacial score (nSPS) is 37.5. The van der Waals surface area contributed by atoms with Crippen molar-refractivity contribution < 1.29 is 9.53 Å². The van der Waals surface area contributed by atoms with Crippen molar-refractivity contribution in [3.63, 3.8) is 0 Å². The molecule has 6 unspecified atom stereocenters. The minimum Gasteiger partial charge on any atom is -0.466 e. The Kier molecular flexibility index (Phi) is 8.49. The van der Waals surface area contributed by atoms with Crippen molar-refractivity contribution in [2.45, 2.75) is 126 Å². The number of allylic oxidation sites excluding steroid dienone is 2. The van der Waals surface area contributed by atoms with Gasteiger partial charge >= 0.3 is 5.97 Å². The molecule has 2 saturated carbocycles. The molecule has 0 saturated heterocycles. The third-order valence-electron chi connectivity index (χ3n) is 11.4. The van der Waals surface area contributed by atoms with E-state index in [2.05, 4.69) is 54.5 Å². The summed E-state index contributed by atoms with van der Waals surface area (Å²) in [5.74, 6) is 4.00. The molecule has 0 radical (unpaired) electrons. The number of carbonyl (C=O) groups is 1. The third kappa shape index (κ3) is 5.11. The number of carbonyl (C=O) groups excluding carboxylic acids is 1. The Hall–Kier alpha value is -0.790. The maximum atomic E-state index is 11.8. The molecule has 190 valence electrons. The number of hydrogen-bond donors (Lipinski definition) is 0. The zero-order chi connectivity index (χ0) is 24.4. The van der Waals surface area contributed by atoms with E-state index < -0.39 is 0 Å². The van der Waals surface area contributed by atoms with Crippen molar-refractivity contribution in [2.24, 2.45) is 45.8 Å². The minimum absolute atomic E-state index is 0.0228. The number of ether oxygens (including phenoxy) is 1. The van der Waals surface area contributed by atoms with Crippen molar-refractivity contribution in [1.29, 1.82) is 0 Å². The summed E-state index contributed by atoms with van der Waals surface area (Å²) < 4.78 is 5.16. The van der Waals surface area contributed by atoms with E-state index in [0.29, 0.717) is 35.2 Å². The molecule has 0 heterocycles. The molecule has 0 bridgehead atoms. The van der Waals surface area contributed by atoms with Gasteiger partial charge in [-0.2, -0.15) is 0 Å². The summed E-state index contributed by atoms with van der Waals surface area (Å²) in [6.45, 7) is 19.9. The average molecular weight is 459 g/mol. The summed E-state index contributed by atoms with van der Waals surface area (Å²) in [7, 11) is 0. The van der Waals surface area contributed by atoms with Crippen molar-refractivity contribution in [1.82, 2.24) is 0 Å². The van der Waals surface area contributed by atoms with E-state index >= 15 is 0 Å². The highest BCUT2D eigenvalue weighted by Gasteiger charge is 2.55. The molecule has 0 aliphatic heterocycles. The van der Waals surface area contributed by atoms with Crippen LogP contribution in [-0.4, -0.2) is 12.6 Å². The fourth-order valence-corrected chi connectivity index (χ4v) is 8.46. The predicted molar refractivity (Wildman–Crippen MR) is 140 cm³/mol. The Labute approximate surface area is 205 Å². The molecule has 7 atom stereocenters. The van der Waals surface area contributed by atoms with Gasteiger partial charge in [-0.3, -0.25) is 4.79 Å². The molecule has 3 aliphatic carbocycles. The molecule has 33 heavy (non-hydrogen) atoms. The summed E-state index contributed by atoms with van der Waals surface area (Å²) in [5, 5.41) is 0. The van der Waals surface area contributed by atoms with Gasteiger partial charge < -0.3 is 4.74 Å². The lowest BCUT2D eigenvalue weighted by Gasteiger charge is -2.60. The van der Waals surface area contributed by atoms with Gasteiger partial charge in [0.2, 0.25) is 0 Å². The second kappa shape index (κ2) is 10.4. The molecular formula is C31H54O2. The van der Waals surface area contributed by atoms with E-state index in [9.17, 15) is 4.79 Å². The van der Waals surface area contributed by atoms with Crippen molar-refractivity contribution in [3.05, 3.63) is 11.6 Å². The Morgan fingerprint density at radius 1 is 1.18 bits per heavy atom. The Morgan fingerprint density at radius 3 is 2.55 bits per heavy atom. The Bertz CT molecular complexity index is 706. The van der Waals surface area contributed by atoms with Gasteiger partial charge in [0.15, 0.2) is 0 Å². The first-order valence-electron chi connectivity index (χ1n) is 14.4. The van der Waals surface area contributed by atoms with Gasteiger partial charge in [0, 0.05) is 6.42 Å². The number of rotatable bonds is 9. The number of hydrogen-bond acceptors (Lipinski definition) is 2. The molecule has 3 rings (SSSR count). The average Bonchev–Trinajstić information content (AvgIpc) is 2.78. The molecule has 2 fully saturated rings. The van der Waals surface area contributed by atoms with Gasteiger partial charge in [-0.25, -0.2) is 0 Å². The monoisotopic (exact) mass is 458 g/mol. The van der Waals surface area contributed by atoms with E-state index in [1.807, 2.05) is 12.5 Å². The highest BCUT2D eigenvalue weighted by Crippen LogP contribution is 2.64. The lowest BCUT2D eigenvalue weighted by molar-refractivity contribution is -0.143. The van der Waals surface area contributed by atoms with Crippen LogP contribution in [0.1, 0.15) is 126 Å². The predicted octanol–water partition coefficient (Wildman–Crippen LogP) is 8.99. The number of esters is 1. The van der Waals surface area contributed by atoms with Crippen LogP contribution in [-0.2, 0) is 9.53 Å². The summed E-state index contributed by atoms with van der Waals surface area (Å²) >= 11 is 0. The topological polar surface area (TPSA) is 26.3 Å². The zero-order valence-corrected chi connectivity index (χ0v) is 23.3. The molecule has 0 N–H and O–H groups in total. The maximum absolute atomic E-state index is 11.8. The van der Waals surface area contributed by atoms with E-state index in [4.69, 9.17) is 4.74 Å². The first-order chi connectivity index (χ1) is 15.5. The lowest BCUT2D eigenvalue weighted by Crippen LogP contribution is -2.52. The minimum atomic E-state index is -0.0228. The smallest absolute Gasteiger partial charge is 0.305 e. The fourth-order valence-electron chi connectivity index (χ4n) is 8.46. The van der Waals surface area contributed by atoms with E-state index in [1.165, 1.54) is 51.4 Å². The van der Waals surface area contributed by atoms with Gasteiger partial charge in [0.05, 0.1) is 6.61 Å². The van der Waals surface area contributed by atoms with Crippen LogP contribution in [0.2, 0.25) is 0 Å². The van der Waals surface area contributed by atoms with Crippen LogP contribution in [0.4, 0.5) is 0 Å². The molecule has 0 spiro atoms. The van der Waals surface area contributed by atoms with Crippen LogP contribution < -0.4 is 0 Å². The Morgan fingerprint density at radius 2 is 1.91 bits per heavy atom. The summed E-state index contributed by atoms with van der Waals surface area (Å²) in [6.07, 6.45) is 16.2. The molecule has 2 heteroatoms. The van der Waals surface area contributed by atoms with Crippen LogP contribution in [0.3, 0.4) is 0 Å². The Balaban J connectivity index is 1.73. The van der Waals surface area contributed by atoms with Crippen molar-refractivity contribution >= 4 is 5.97 Å². The second-order valence-electron chi connectivity index (χ2n) is 13.1. The van der Waals surface area contributed by atoms with Gasteiger partial charge in [-0.1, -0.05) is 73.0 Å². The fraction of sp³-hybridized carbons (Fsp3) is 0.903. The zero-order valence-electron chi connectivity index (χ0n) is 23.3. The van der Waals surface area contributed by atoms with E-state index in [1.54, 1.807) is 0 Å². The van der Waals surface area contributed by atoms with Gasteiger partial charge in [-0.05, 0) is 104 Å². The van der Waals surface area contributed by atoms with Crippen LogP contribution in [0, 0.1) is 45.8 Å². The SMILES string of the molecule is CCOC(=O)CCCC(C)C1(C)CCC2C(CC=C3CC(C(C)(C)CC)CCC32C)[C@@H]1CC. The van der Waals surface area contributed by atoms with Gasteiger partial charge in [0.1, 0.15) is 0 Å². The van der Waals surface area contributed by atoms with Crippen LogP contribution >= 0.6 is 0 Å². The van der Waals surface area contributed by atoms with Crippen molar-refractivity contribution in [2.75, 3.05) is 6.61 Å². The third-order valence-corrected chi connectivity index (χ3v) is 11.4. The first kappa shape index (κ1) is 26.8. The highest BCUT2D eigenvalue weighted by atomic mass is 16.5. The van der Waals surface area contributed by atoms with E-state index in [0.717, 1.165) is 36.5 Å². The highest BCUT2D eigenvalue weighted by molar-refractivity contribution is 5.69. The summed E-state index contributed by atoms with van der Waals surface area (Å²) in [6, 6.07) is 0. The molecule has 0 amide bonds. The standard InChI is InChI=1S/C31H54O2/c1-9-26-25-16-15-24-21-23(29(5,6)10-2)17-19-31(24,8)27(25)18-20-30(26,7)22(4)13-12-14-28(32)33-11-3/h15,22-23,25-27H,9-14,16-21H2,1-8H3/t22?,23?,25?,26-,27?,30?,31?/m0/s1. The van der Waals surface area contributed by atoms with Crippen LogP contribution in [0.5, 0.6) is 0 Å². The molecule has 0 aromatic rings. The molecule has 3 aliphatic rings.